The molecule has 2 nitrogen and oxygen atoms in total. The van der Waals surface area contributed by atoms with E-state index in [0.717, 1.165) is 12.8 Å². The van der Waals surface area contributed by atoms with Crippen molar-refractivity contribution >= 4 is 35.9 Å². The molecule has 4 aliphatic rings. The molecule has 0 saturated carbocycles. The normalized spacial score (nSPS) is 14.2. The summed E-state index contributed by atoms with van der Waals surface area (Å²) in [7, 11) is 7.50. The quantitative estimate of drug-likeness (QED) is 0.186. The zero-order valence-electron chi connectivity index (χ0n) is 26.8. The molecule has 0 heterocycles. The second-order valence-corrected chi connectivity index (χ2v) is 13.5. The molecule has 0 spiro atoms. The minimum absolute atomic E-state index is 1.02. The van der Waals surface area contributed by atoms with Crippen molar-refractivity contribution in [3.8, 4) is 0 Å². The van der Waals surface area contributed by atoms with E-state index >= 15 is 0 Å². The summed E-state index contributed by atoms with van der Waals surface area (Å²) < 4.78 is 1.51. The number of allylic oxidation sites excluding steroid dienone is 12. The van der Waals surface area contributed by atoms with Crippen LogP contribution in [0.1, 0.15) is 36.1 Å². The molecule has 4 aliphatic carbocycles. The van der Waals surface area contributed by atoms with Crippen molar-refractivity contribution in [2.45, 2.75) is 26.7 Å². The Hall–Kier alpha value is -3.49. The second-order valence-electron chi connectivity index (χ2n) is 11.1. The fraction of sp³-hybridized carbons (Fsp3) is 0.195. The Morgan fingerprint density at radius 3 is 1.34 bits per heavy atom. The van der Waals surface area contributed by atoms with Crippen LogP contribution in [-0.4, -0.2) is 31.4 Å². The number of hydrogen-bond acceptors (Lipinski definition) is 2. The van der Waals surface area contributed by atoms with E-state index in [1.807, 2.05) is 40.3 Å². The zero-order chi connectivity index (χ0) is 31.5. The Balaban J connectivity index is 0.000000155. The molecule has 3 heteroatoms. The van der Waals surface area contributed by atoms with Crippen LogP contribution < -0.4 is 10.6 Å². The van der Waals surface area contributed by atoms with Gasteiger partial charge in [0, 0.05) is 0 Å². The van der Waals surface area contributed by atoms with Crippen LogP contribution >= 0.6 is 0 Å². The van der Waals surface area contributed by atoms with Crippen molar-refractivity contribution in [3.63, 3.8) is 0 Å². The maximum atomic E-state index is 3.31. The fourth-order valence-electron chi connectivity index (χ4n) is 5.57. The van der Waals surface area contributed by atoms with Gasteiger partial charge < -0.3 is 10.6 Å². The molecule has 2 N–H and O–H groups in total. The van der Waals surface area contributed by atoms with Gasteiger partial charge in [0.2, 0.25) is 0 Å². The smallest absolute Gasteiger partial charge is 0.0186 e. The van der Waals surface area contributed by atoms with Gasteiger partial charge in [-0.15, -0.1) is 23.3 Å². The van der Waals surface area contributed by atoms with Gasteiger partial charge in [-0.05, 0) is 62.6 Å². The summed E-state index contributed by atoms with van der Waals surface area (Å²) in [6.45, 7) is 4.25. The largest absolute Gasteiger partial charge is 0.168 e. The van der Waals surface area contributed by atoms with E-state index in [9.17, 15) is 0 Å². The molecular weight excluding hydrogens is 612 g/mol. The van der Waals surface area contributed by atoms with E-state index in [1.54, 1.807) is 24.2 Å². The topological polar surface area (TPSA) is 24.1 Å². The molecule has 0 radical (unpaired) electrons. The number of rotatable bonds is 0. The first-order valence-corrected chi connectivity index (χ1v) is 16.4. The van der Waals surface area contributed by atoms with Crippen LogP contribution in [0.3, 0.4) is 0 Å². The monoisotopic (exact) mass is 652 g/mol. The first-order valence-electron chi connectivity index (χ1n) is 15.1. The second kappa shape index (κ2) is 16.5. The Morgan fingerprint density at radius 1 is 0.591 bits per heavy atom. The maximum absolute atomic E-state index is 3.31. The van der Waals surface area contributed by atoms with Crippen molar-refractivity contribution in [1.29, 1.82) is 0 Å². The standard InChI is InChI=1S/2C17H11.C3H6.2C2H7N.Zr/c2*1-2-6-15-12(4-1)8-10-14-11-9-13-5-3-7-16(13)17(14)15;3*1-3-2;/h2*1-4,6-10H,11H2;1-2H3;2*3H,1-2H3;/q2*-1;;;;+2. The molecule has 44 heavy (non-hydrogen) atoms. The molecule has 220 valence electrons. The van der Waals surface area contributed by atoms with E-state index in [1.165, 1.54) is 69.3 Å². The summed E-state index contributed by atoms with van der Waals surface area (Å²) in [6, 6.07) is 26.2. The van der Waals surface area contributed by atoms with Gasteiger partial charge in [0.05, 0.1) is 0 Å². The fourth-order valence-corrected chi connectivity index (χ4v) is 5.57. The Labute approximate surface area is 279 Å². The summed E-state index contributed by atoms with van der Waals surface area (Å²) in [6.07, 6.45) is 21.6. The molecule has 4 aromatic rings. The van der Waals surface area contributed by atoms with Crippen LogP contribution in [0, 0.1) is 12.2 Å². The van der Waals surface area contributed by atoms with Crippen molar-refractivity contribution in [1.82, 2.24) is 10.6 Å². The summed E-state index contributed by atoms with van der Waals surface area (Å²) in [5.74, 6) is 0. The molecule has 0 unspecified atom stereocenters. The SMILES string of the molecule is CNC.CNC.C[C](C)=[Zr+2].[C-]1=CC=C2C1=CCc1ccc3ccccc3c12.[C-]1=CC=C2C1=CCc1ccc3ccccc3c12. The number of hydrogen-bond donors (Lipinski definition) is 2. The summed E-state index contributed by atoms with van der Waals surface area (Å²) in [5, 5.41) is 10.9. The van der Waals surface area contributed by atoms with Crippen molar-refractivity contribution < 1.29 is 24.2 Å². The van der Waals surface area contributed by atoms with Crippen LogP contribution in [0.5, 0.6) is 0 Å². The molecule has 8 rings (SSSR count). The van der Waals surface area contributed by atoms with Gasteiger partial charge in [-0.25, -0.2) is 0 Å². The minimum atomic E-state index is 1.02. The molecule has 0 aromatic heterocycles. The Kier molecular flexibility index (Phi) is 12.6. The molecular formula is C41H42N2Zr. The molecule has 0 amide bonds. The van der Waals surface area contributed by atoms with Gasteiger partial charge >= 0.3 is 41.3 Å². The Morgan fingerprint density at radius 2 is 0.955 bits per heavy atom. The van der Waals surface area contributed by atoms with Gasteiger partial charge in [-0.3, -0.25) is 0 Å². The average Bonchev–Trinajstić information content (AvgIpc) is 3.71. The molecule has 0 atom stereocenters. The molecule has 4 aromatic carbocycles. The summed E-state index contributed by atoms with van der Waals surface area (Å²) in [4.78, 5) is 0. The number of nitrogens with one attached hydrogen (secondary N) is 2. The average molecular weight is 654 g/mol. The van der Waals surface area contributed by atoms with Crippen molar-refractivity contribution in [2.75, 3.05) is 28.2 Å². The number of benzene rings is 4. The van der Waals surface area contributed by atoms with E-state index < -0.39 is 0 Å². The van der Waals surface area contributed by atoms with Crippen LogP contribution in [0.15, 0.2) is 120 Å². The van der Waals surface area contributed by atoms with E-state index in [0.29, 0.717) is 0 Å². The van der Waals surface area contributed by atoms with Gasteiger partial charge in [0.1, 0.15) is 0 Å². The Bertz CT molecular complexity index is 1700. The molecule has 0 fully saturated rings. The predicted molar refractivity (Wildman–Crippen MR) is 189 cm³/mol. The summed E-state index contributed by atoms with van der Waals surface area (Å²) in [5.41, 5.74) is 10.9. The first kappa shape index (κ1) is 33.4. The predicted octanol–water partition coefficient (Wildman–Crippen LogP) is 8.57. The molecule has 0 saturated heterocycles. The maximum Gasteiger partial charge on any atom is -0.0186 e. The third kappa shape index (κ3) is 7.96. The summed E-state index contributed by atoms with van der Waals surface area (Å²) >= 11 is 1.55. The molecule has 0 bridgehead atoms. The third-order valence-electron chi connectivity index (χ3n) is 7.18. The van der Waals surface area contributed by atoms with E-state index in [2.05, 4.69) is 134 Å². The van der Waals surface area contributed by atoms with Crippen molar-refractivity contribution in [2.24, 2.45) is 0 Å². The molecule has 0 aliphatic heterocycles. The van der Waals surface area contributed by atoms with Crippen LogP contribution in [0.4, 0.5) is 0 Å². The van der Waals surface area contributed by atoms with Gasteiger partial charge in [0.25, 0.3) is 0 Å². The van der Waals surface area contributed by atoms with Gasteiger partial charge in [0.15, 0.2) is 0 Å². The van der Waals surface area contributed by atoms with E-state index in [4.69, 9.17) is 0 Å². The van der Waals surface area contributed by atoms with Crippen LogP contribution in [-0.2, 0) is 37.1 Å². The third-order valence-corrected chi connectivity index (χ3v) is 7.18. The van der Waals surface area contributed by atoms with Gasteiger partial charge in [-0.2, -0.15) is 47.6 Å². The van der Waals surface area contributed by atoms with Crippen LogP contribution in [0.2, 0.25) is 0 Å². The zero-order valence-corrected chi connectivity index (χ0v) is 29.3. The van der Waals surface area contributed by atoms with E-state index in [-0.39, 0.29) is 0 Å². The van der Waals surface area contributed by atoms with Gasteiger partial charge in [-0.1, -0.05) is 95.1 Å². The van der Waals surface area contributed by atoms with Crippen LogP contribution in [0.25, 0.3) is 32.7 Å². The first-order chi connectivity index (χ1) is 21.4. The number of fused-ring (bicyclic) bond motifs is 10. The minimum Gasteiger partial charge on any atom is -0.168 e. The van der Waals surface area contributed by atoms with Crippen molar-refractivity contribution in [3.05, 3.63) is 155 Å².